The zero-order valence-electron chi connectivity index (χ0n) is 13.5. The predicted molar refractivity (Wildman–Crippen MR) is 81.1 cm³/mol. The molecular formula is C15H19F4N3O3. The number of hydrogen-bond acceptors (Lipinski definition) is 3. The molecule has 6 nitrogen and oxygen atoms in total. The van der Waals surface area contributed by atoms with Gasteiger partial charge in [0.2, 0.25) is 5.91 Å². The van der Waals surface area contributed by atoms with Gasteiger partial charge in [0.25, 0.3) is 0 Å². The highest BCUT2D eigenvalue weighted by atomic mass is 19.4. The maximum atomic E-state index is 12.7. The van der Waals surface area contributed by atoms with Crippen molar-refractivity contribution in [2.75, 3.05) is 19.8 Å². The van der Waals surface area contributed by atoms with E-state index in [9.17, 15) is 27.2 Å². The fraction of sp³-hybridized carbons (Fsp3) is 0.467. The number of amides is 3. The molecule has 1 atom stereocenters. The molecule has 0 aromatic heterocycles. The number of urea groups is 1. The number of benzene rings is 1. The summed E-state index contributed by atoms with van der Waals surface area (Å²) in [5, 5.41) is 7.15. The zero-order chi connectivity index (χ0) is 18.9. The van der Waals surface area contributed by atoms with E-state index in [-0.39, 0.29) is 19.7 Å². The monoisotopic (exact) mass is 365 g/mol. The Kier molecular flexibility index (Phi) is 8.12. The Morgan fingerprint density at radius 3 is 2.40 bits per heavy atom. The van der Waals surface area contributed by atoms with E-state index >= 15 is 0 Å². The van der Waals surface area contributed by atoms with Crippen LogP contribution >= 0.6 is 0 Å². The molecule has 25 heavy (non-hydrogen) atoms. The van der Waals surface area contributed by atoms with Crippen LogP contribution in [0.4, 0.5) is 22.4 Å². The fourth-order valence-electron chi connectivity index (χ4n) is 1.73. The Bertz CT molecular complexity index is 564. The first-order valence-electron chi connectivity index (χ1n) is 7.35. The van der Waals surface area contributed by atoms with Gasteiger partial charge < -0.3 is 20.7 Å². The average Bonchev–Trinajstić information content (AvgIpc) is 2.51. The summed E-state index contributed by atoms with van der Waals surface area (Å²) in [6.45, 7) is -0.420. The second kappa shape index (κ2) is 9.82. The van der Waals surface area contributed by atoms with Crippen molar-refractivity contribution in [3.8, 4) is 0 Å². The summed E-state index contributed by atoms with van der Waals surface area (Å²) in [5.74, 6) is -0.960. The van der Waals surface area contributed by atoms with Crippen molar-refractivity contribution in [3.63, 3.8) is 0 Å². The number of nitrogens with one attached hydrogen (secondary N) is 3. The summed E-state index contributed by atoms with van der Waals surface area (Å²) in [6.07, 6.45) is -4.42. The Labute approximate surface area is 141 Å². The van der Waals surface area contributed by atoms with Crippen molar-refractivity contribution < 1.29 is 31.9 Å². The molecule has 3 amide bonds. The minimum atomic E-state index is -4.42. The smallest absolute Gasteiger partial charge is 0.370 e. The second-order valence-electron chi connectivity index (χ2n) is 5.26. The Morgan fingerprint density at radius 2 is 1.80 bits per heavy atom. The van der Waals surface area contributed by atoms with Crippen molar-refractivity contribution in [1.82, 2.24) is 16.0 Å². The molecule has 0 radical (unpaired) electrons. The van der Waals surface area contributed by atoms with E-state index in [4.69, 9.17) is 0 Å². The molecule has 1 aromatic rings. The molecule has 0 saturated heterocycles. The summed E-state index contributed by atoms with van der Waals surface area (Å²) in [4.78, 5) is 23.1. The molecule has 0 bridgehead atoms. The van der Waals surface area contributed by atoms with Crippen LogP contribution in [0.2, 0.25) is 0 Å². The van der Waals surface area contributed by atoms with Gasteiger partial charge in [0.05, 0.1) is 13.2 Å². The molecule has 0 aliphatic rings. The van der Waals surface area contributed by atoms with E-state index in [0.717, 1.165) is 0 Å². The quantitative estimate of drug-likeness (QED) is 0.614. The lowest BCUT2D eigenvalue weighted by molar-refractivity contribution is -0.175. The molecule has 0 aliphatic heterocycles. The van der Waals surface area contributed by atoms with Crippen LogP contribution in [0.1, 0.15) is 12.5 Å². The first kappa shape index (κ1) is 20.7. The summed E-state index contributed by atoms with van der Waals surface area (Å²) in [6, 6.07) is 4.27. The van der Waals surface area contributed by atoms with Gasteiger partial charge in [0.15, 0.2) is 0 Å². The van der Waals surface area contributed by atoms with Crippen LogP contribution < -0.4 is 16.0 Å². The van der Waals surface area contributed by atoms with Crippen LogP contribution in [0.5, 0.6) is 0 Å². The van der Waals surface area contributed by atoms with Crippen molar-refractivity contribution in [2.24, 2.45) is 0 Å². The lowest BCUT2D eigenvalue weighted by Crippen LogP contribution is -2.45. The van der Waals surface area contributed by atoms with Gasteiger partial charge in [-0.3, -0.25) is 4.79 Å². The van der Waals surface area contributed by atoms with Crippen LogP contribution in [-0.2, 0) is 16.1 Å². The number of ether oxygens (including phenoxy) is 1. The number of carbonyl (C=O) groups is 2. The van der Waals surface area contributed by atoms with Crippen molar-refractivity contribution in [3.05, 3.63) is 35.6 Å². The van der Waals surface area contributed by atoms with Gasteiger partial charge in [0.1, 0.15) is 12.4 Å². The Morgan fingerprint density at radius 1 is 1.16 bits per heavy atom. The van der Waals surface area contributed by atoms with Gasteiger partial charge >= 0.3 is 12.2 Å². The van der Waals surface area contributed by atoms with Gasteiger partial charge in [-0.1, -0.05) is 12.1 Å². The maximum Gasteiger partial charge on any atom is 0.411 e. The van der Waals surface area contributed by atoms with Crippen molar-refractivity contribution in [1.29, 1.82) is 0 Å². The maximum absolute atomic E-state index is 12.7. The van der Waals surface area contributed by atoms with Crippen LogP contribution in [-0.4, -0.2) is 43.9 Å². The Balaban J connectivity index is 2.17. The number of rotatable bonds is 8. The standard InChI is InChI=1S/C15H19F4N3O3/c1-10(8-25-9-15(17,18)19)22-13(23)7-21-14(24)20-6-11-2-4-12(16)5-3-11/h2-5,10H,6-9H2,1H3,(H,22,23)(H2,20,21,24). The lowest BCUT2D eigenvalue weighted by Gasteiger charge is -2.15. The van der Waals surface area contributed by atoms with Crippen LogP contribution in [0.15, 0.2) is 24.3 Å². The molecule has 1 unspecified atom stereocenters. The molecule has 0 saturated carbocycles. The van der Waals surface area contributed by atoms with E-state index in [1.165, 1.54) is 31.2 Å². The van der Waals surface area contributed by atoms with Gasteiger partial charge in [0, 0.05) is 12.6 Å². The summed E-state index contributed by atoms with van der Waals surface area (Å²) >= 11 is 0. The van der Waals surface area contributed by atoms with Crippen molar-refractivity contribution in [2.45, 2.75) is 25.7 Å². The molecule has 0 fully saturated rings. The molecule has 0 spiro atoms. The SMILES string of the molecule is CC(COCC(F)(F)F)NC(=O)CNC(=O)NCc1ccc(F)cc1. The Hall–Kier alpha value is -2.36. The number of hydrogen-bond donors (Lipinski definition) is 3. The molecule has 0 heterocycles. The third kappa shape index (κ3) is 10.2. The third-order valence-electron chi connectivity index (χ3n) is 2.82. The molecule has 0 aliphatic carbocycles. The largest absolute Gasteiger partial charge is 0.411 e. The highest BCUT2D eigenvalue weighted by molar-refractivity contribution is 5.84. The number of carbonyl (C=O) groups excluding carboxylic acids is 2. The lowest BCUT2D eigenvalue weighted by atomic mass is 10.2. The summed E-state index contributed by atoms with van der Waals surface area (Å²) < 4.78 is 52.9. The van der Waals surface area contributed by atoms with E-state index in [1.54, 1.807) is 0 Å². The molecule has 10 heteroatoms. The first-order chi connectivity index (χ1) is 11.7. The first-order valence-corrected chi connectivity index (χ1v) is 7.35. The van der Waals surface area contributed by atoms with Gasteiger partial charge in [-0.2, -0.15) is 13.2 Å². The van der Waals surface area contributed by atoms with Crippen LogP contribution in [0, 0.1) is 5.82 Å². The molecule has 140 valence electrons. The van der Waals surface area contributed by atoms with Crippen LogP contribution in [0.25, 0.3) is 0 Å². The van der Waals surface area contributed by atoms with Gasteiger partial charge in [-0.15, -0.1) is 0 Å². The zero-order valence-corrected chi connectivity index (χ0v) is 13.5. The highest BCUT2D eigenvalue weighted by Gasteiger charge is 2.27. The van der Waals surface area contributed by atoms with Gasteiger partial charge in [-0.05, 0) is 24.6 Å². The third-order valence-corrected chi connectivity index (χ3v) is 2.82. The van der Waals surface area contributed by atoms with Crippen LogP contribution in [0.3, 0.4) is 0 Å². The van der Waals surface area contributed by atoms with E-state index < -0.39 is 36.6 Å². The molecule has 3 N–H and O–H groups in total. The van der Waals surface area contributed by atoms with E-state index in [1.807, 2.05) is 0 Å². The fourth-order valence-corrected chi connectivity index (χ4v) is 1.73. The minimum absolute atomic E-state index is 0.148. The minimum Gasteiger partial charge on any atom is -0.370 e. The summed E-state index contributed by atoms with van der Waals surface area (Å²) in [5.41, 5.74) is 0.677. The normalized spacial score (nSPS) is 12.4. The molecular weight excluding hydrogens is 346 g/mol. The predicted octanol–water partition coefficient (Wildman–Crippen LogP) is 1.71. The van der Waals surface area contributed by atoms with E-state index in [2.05, 4.69) is 20.7 Å². The molecule has 1 rings (SSSR count). The highest BCUT2D eigenvalue weighted by Crippen LogP contribution is 2.14. The molecule has 1 aromatic carbocycles. The average molecular weight is 365 g/mol. The van der Waals surface area contributed by atoms with Crippen molar-refractivity contribution >= 4 is 11.9 Å². The van der Waals surface area contributed by atoms with Gasteiger partial charge in [-0.25, -0.2) is 9.18 Å². The van der Waals surface area contributed by atoms with E-state index in [0.29, 0.717) is 5.56 Å². The number of alkyl halides is 3. The topological polar surface area (TPSA) is 79.5 Å². The number of halogens is 4. The second-order valence-corrected chi connectivity index (χ2v) is 5.26. The summed E-state index contributed by atoms with van der Waals surface area (Å²) in [7, 11) is 0.